The summed E-state index contributed by atoms with van der Waals surface area (Å²) in [4.78, 5) is 22.1. The van der Waals surface area contributed by atoms with Crippen LogP contribution in [0, 0.1) is 15.5 Å². The van der Waals surface area contributed by atoms with Crippen molar-refractivity contribution < 1.29 is 9.72 Å². The zero-order chi connectivity index (χ0) is 16.2. The van der Waals surface area contributed by atoms with Gasteiger partial charge in [0.25, 0.3) is 5.69 Å². The molecular formula is C14H20ClN3O3. The number of hydrogen-bond acceptors (Lipinski definition) is 4. The minimum Gasteiger partial charge on any atom is -0.327 e. The van der Waals surface area contributed by atoms with Crippen molar-refractivity contribution in [1.29, 1.82) is 0 Å². The van der Waals surface area contributed by atoms with Crippen LogP contribution in [0.25, 0.3) is 0 Å². The number of non-ortho nitro benzene ring substituents is 1. The normalized spacial score (nSPS) is 12.8. The summed E-state index contributed by atoms with van der Waals surface area (Å²) in [6.45, 7) is 6.13. The molecule has 1 rings (SSSR count). The lowest BCUT2D eigenvalue weighted by Crippen LogP contribution is -2.31. The third kappa shape index (κ3) is 6.10. The van der Waals surface area contributed by atoms with Crippen molar-refractivity contribution in [2.24, 2.45) is 11.1 Å². The molecule has 1 aromatic carbocycles. The predicted octanol–water partition coefficient (Wildman–Crippen LogP) is 3.34. The molecule has 0 saturated carbocycles. The Balaban J connectivity index is 2.71. The summed E-state index contributed by atoms with van der Waals surface area (Å²) in [5, 5.41) is 13.5. The summed E-state index contributed by atoms with van der Waals surface area (Å²) in [6.07, 6.45) is 0.833. The molecule has 7 heteroatoms. The number of carbonyl (C=O) groups is 1. The Bertz CT molecular complexity index is 541. The largest absolute Gasteiger partial charge is 0.327 e. The molecule has 0 spiro atoms. The SMILES string of the molecule is CC(C)(C)CC(N)CC(=O)Nc1cc([N+](=O)[O-])ccc1Cl. The second-order valence-electron chi connectivity index (χ2n) is 6.20. The van der Waals surface area contributed by atoms with E-state index < -0.39 is 4.92 Å². The Morgan fingerprint density at radius 1 is 1.48 bits per heavy atom. The summed E-state index contributed by atoms with van der Waals surface area (Å²) in [6, 6.07) is 3.62. The fourth-order valence-electron chi connectivity index (χ4n) is 2.02. The quantitative estimate of drug-likeness (QED) is 0.643. The Labute approximate surface area is 128 Å². The first-order valence-electron chi connectivity index (χ1n) is 6.58. The van der Waals surface area contributed by atoms with Crippen LogP contribution in [-0.2, 0) is 4.79 Å². The van der Waals surface area contributed by atoms with Gasteiger partial charge in [-0.3, -0.25) is 14.9 Å². The minimum atomic E-state index is -0.544. The summed E-state index contributed by atoms with van der Waals surface area (Å²) < 4.78 is 0. The van der Waals surface area contributed by atoms with Crippen LogP contribution in [-0.4, -0.2) is 16.9 Å². The molecule has 116 valence electrons. The number of halogens is 1. The third-order valence-corrected chi connectivity index (χ3v) is 3.09. The van der Waals surface area contributed by atoms with E-state index in [0.29, 0.717) is 6.42 Å². The molecule has 0 aliphatic carbocycles. The van der Waals surface area contributed by atoms with E-state index in [0.717, 1.165) is 0 Å². The van der Waals surface area contributed by atoms with E-state index in [1.807, 2.05) is 20.8 Å². The molecule has 3 N–H and O–H groups in total. The maximum Gasteiger partial charge on any atom is 0.271 e. The zero-order valence-corrected chi connectivity index (χ0v) is 13.1. The van der Waals surface area contributed by atoms with Gasteiger partial charge >= 0.3 is 0 Å². The van der Waals surface area contributed by atoms with Gasteiger partial charge in [-0.25, -0.2) is 0 Å². The lowest BCUT2D eigenvalue weighted by Gasteiger charge is -2.22. The summed E-state index contributed by atoms with van der Waals surface area (Å²) in [7, 11) is 0. The molecule has 6 nitrogen and oxygen atoms in total. The lowest BCUT2D eigenvalue weighted by molar-refractivity contribution is -0.384. The smallest absolute Gasteiger partial charge is 0.271 e. The van der Waals surface area contributed by atoms with Crippen molar-refractivity contribution in [1.82, 2.24) is 0 Å². The van der Waals surface area contributed by atoms with E-state index in [4.69, 9.17) is 17.3 Å². The Morgan fingerprint density at radius 3 is 2.62 bits per heavy atom. The number of nitro groups is 1. The van der Waals surface area contributed by atoms with Crippen LogP contribution in [0.5, 0.6) is 0 Å². The van der Waals surface area contributed by atoms with Crippen LogP contribution in [0.2, 0.25) is 5.02 Å². The number of rotatable bonds is 5. The first-order valence-corrected chi connectivity index (χ1v) is 6.95. The van der Waals surface area contributed by atoms with Crippen LogP contribution in [0.15, 0.2) is 18.2 Å². The number of nitrogens with zero attached hydrogens (tertiary/aromatic N) is 1. The molecule has 0 radical (unpaired) electrons. The topological polar surface area (TPSA) is 98.3 Å². The maximum absolute atomic E-state index is 11.9. The minimum absolute atomic E-state index is 0.0306. The number of carbonyl (C=O) groups excluding carboxylic acids is 1. The molecule has 0 aliphatic heterocycles. The Kier molecular flexibility index (Phi) is 5.69. The lowest BCUT2D eigenvalue weighted by atomic mass is 9.87. The van der Waals surface area contributed by atoms with Crippen LogP contribution in [0.1, 0.15) is 33.6 Å². The zero-order valence-electron chi connectivity index (χ0n) is 12.4. The first kappa shape index (κ1) is 17.4. The van der Waals surface area contributed by atoms with Crippen molar-refractivity contribution in [2.75, 3.05) is 5.32 Å². The van der Waals surface area contributed by atoms with Crippen LogP contribution >= 0.6 is 11.6 Å². The molecule has 21 heavy (non-hydrogen) atoms. The predicted molar refractivity (Wildman–Crippen MR) is 83.4 cm³/mol. The Hall–Kier alpha value is -1.66. The highest BCUT2D eigenvalue weighted by Crippen LogP contribution is 2.27. The van der Waals surface area contributed by atoms with Crippen LogP contribution in [0.3, 0.4) is 0 Å². The van der Waals surface area contributed by atoms with Gasteiger partial charge in [0.05, 0.1) is 15.6 Å². The molecular weight excluding hydrogens is 294 g/mol. The fourth-order valence-corrected chi connectivity index (χ4v) is 2.19. The Morgan fingerprint density at radius 2 is 2.10 bits per heavy atom. The summed E-state index contributed by atoms with van der Waals surface area (Å²) >= 11 is 5.92. The second-order valence-corrected chi connectivity index (χ2v) is 6.61. The molecule has 0 fully saturated rings. The number of nitrogens with one attached hydrogen (secondary N) is 1. The van der Waals surface area contributed by atoms with Crippen molar-refractivity contribution in [3.05, 3.63) is 33.3 Å². The van der Waals surface area contributed by atoms with Gasteiger partial charge in [-0.05, 0) is 17.9 Å². The summed E-state index contributed by atoms with van der Waals surface area (Å²) in [5.74, 6) is -0.311. The van der Waals surface area contributed by atoms with Gasteiger partial charge in [-0.2, -0.15) is 0 Å². The molecule has 1 amide bonds. The van der Waals surface area contributed by atoms with Crippen molar-refractivity contribution in [2.45, 2.75) is 39.7 Å². The number of amides is 1. The van der Waals surface area contributed by atoms with Gasteiger partial charge < -0.3 is 11.1 Å². The first-order chi connectivity index (χ1) is 9.58. The van der Waals surface area contributed by atoms with Crippen LogP contribution < -0.4 is 11.1 Å². The molecule has 1 aromatic rings. The van der Waals surface area contributed by atoms with Crippen molar-refractivity contribution in [3.63, 3.8) is 0 Å². The number of benzene rings is 1. The maximum atomic E-state index is 11.9. The van der Waals surface area contributed by atoms with E-state index in [1.165, 1.54) is 18.2 Å². The van der Waals surface area contributed by atoms with E-state index in [9.17, 15) is 14.9 Å². The van der Waals surface area contributed by atoms with Gasteiger partial charge in [0, 0.05) is 24.6 Å². The average molecular weight is 314 g/mol. The summed E-state index contributed by atoms with van der Waals surface area (Å²) in [5.41, 5.74) is 6.05. The standard InChI is InChI=1S/C14H20ClN3O3/c1-14(2,3)8-9(16)6-13(19)17-12-7-10(18(20)21)4-5-11(12)15/h4-5,7,9H,6,8,16H2,1-3H3,(H,17,19). The van der Waals surface area contributed by atoms with Crippen molar-refractivity contribution in [3.8, 4) is 0 Å². The molecule has 0 saturated heterocycles. The van der Waals surface area contributed by atoms with Crippen molar-refractivity contribution >= 4 is 28.9 Å². The van der Waals surface area contributed by atoms with E-state index in [-0.39, 0.29) is 40.2 Å². The van der Waals surface area contributed by atoms with E-state index in [2.05, 4.69) is 5.32 Å². The molecule has 0 aliphatic rings. The van der Waals surface area contributed by atoms with Gasteiger partial charge in [-0.15, -0.1) is 0 Å². The number of nitro benzene ring substituents is 1. The van der Waals surface area contributed by atoms with Crippen LogP contribution in [0.4, 0.5) is 11.4 Å². The molecule has 0 aromatic heterocycles. The molecule has 0 bridgehead atoms. The van der Waals surface area contributed by atoms with Gasteiger partial charge in [0.1, 0.15) is 0 Å². The third-order valence-electron chi connectivity index (χ3n) is 2.76. The molecule has 1 unspecified atom stereocenters. The van der Waals surface area contributed by atoms with Gasteiger partial charge in [0.2, 0.25) is 5.91 Å². The van der Waals surface area contributed by atoms with Gasteiger partial charge in [0.15, 0.2) is 0 Å². The highest BCUT2D eigenvalue weighted by molar-refractivity contribution is 6.33. The molecule has 1 atom stereocenters. The highest BCUT2D eigenvalue weighted by Gasteiger charge is 2.19. The molecule has 0 heterocycles. The number of hydrogen-bond donors (Lipinski definition) is 2. The van der Waals surface area contributed by atoms with Gasteiger partial charge in [-0.1, -0.05) is 32.4 Å². The number of nitrogens with two attached hydrogens (primary N) is 1. The monoisotopic (exact) mass is 313 g/mol. The number of anilines is 1. The fraction of sp³-hybridized carbons (Fsp3) is 0.500. The van der Waals surface area contributed by atoms with E-state index in [1.54, 1.807) is 0 Å². The second kappa shape index (κ2) is 6.87. The van der Waals surface area contributed by atoms with E-state index >= 15 is 0 Å². The average Bonchev–Trinajstić information content (AvgIpc) is 2.28. The highest BCUT2D eigenvalue weighted by atomic mass is 35.5.